The number of amidine groups is 1. The molecule has 3 N–H and O–H groups in total. The number of hydroxylamine groups is 2. The lowest BCUT2D eigenvalue weighted by Gasteiger charge is -2.26. The van der Waals surface area contributed by atoms with Crippen LogP contribution in [0.5, 0.6) is 0 Å². The van der Waals surface area contributed by atoms with E-state index in [0.29, 0.717) is 13.0 Å². The van der Waals surface area contributed by atoms with Gasteiger partial charge in [0.05, 0.1) is 7.11 Å². The predicted octanol–water partition coefficient (Wildman–Crippen LogP) is 2.70. The number of hydrogen-bond acceptors (Lipinski definition) is 4. The second kappa shape index (κ2) is 9.08. The molecule has 1 saturated carbocycles. The molecule has 1 aliphatic rings. The number of hydrogen-bond donors (Lipinski definition) is 2. The standard InChI is InChI=1S/C15H29N3O2/c1-12(17)18(20-2)15(19)14(10-11-16)9-8-13-6-4-3-5-7-13/h13-14,17H,3-11,16H2,1-2H3. The molecule has 1 atom stereocenters. The van der Waals surface area contributed by atoms with Crippen LogP contribution in [0, 0.1) is 17.2 Å². The minimum atomic E-state index is -0.124. The summed E-state index contributed by atoms with van der Waals surface area (Å²) in [6, 6.07) is 0. The Morgan fingerprint density at radius 3 is 2.50 bits per heavy atom. The van der Waals surface area contributed by atoms with Gasteiger partial charge in [0.1, 0.15) is 5.84 Å². The van der Waals surface area contributed by atoms with E-state index >= 15 is 0 Å². The van der Waals surface area contributed by atoms with Gasteiger partial charge in [0.15, 0.2) is 0 Å². The molecule has 0 aromatic carbocycles. The van der Waals surface area contributed by atoms with Crippen LogP contribution in [0.25, 0.3) is 0 Å². The van der Waals surface area contributed by atoms with Crippen molar-refractivity contribution in [3.8, 4) is 0 Å². The summed E-state index contributed by atoms with van der Waals surface area (Å²) in [5.41, 5.74) is 5.63. The normalized spacial score (nSPS) is 17.8. The molecule has 0 spiro atoms. The maximum Gasteiger partial charge on any atom is 0.255 e. The first-order chi connectivity index (χ1) is 9.60. The summed E-state index contributed by atoms with van der Waals surface area (Å²) in [7, 11) is 1.43. The van der Waals surface area contributed by atoms with Gasteiger partial charge in [-0.05, 0) is 38.6 Å². The molecule has 1 aliphatic carbocycles. The molecule has 1 amide bonds. The number of nitrogens with one attached hydrogen (secondary N) is 1. The Labute approximate surface area is 122 Å². The van der Waals surface area contributed by atoms with E-state index in [-0.39, 0.29) is 17.7 Å². The molecular weight excluding hydrogens is 254 g/mol. The smallest absolute Gasteiger partial charge is 0.255 e. The molecule has 5 heteroatoms. The maximum atomic E-state index is 12.4. The fourth-order valence-corrected chi connectivity index (χ4v) is 3.06. The van der Waals surface area contributed by atoms with Crippen LogP contribution in [0.3, 0.4) is 0 Å². The Hall–Kier alpha value is -0.940. The summed E-state index contributed by atoms with van der Waals surface area (Å²) in [4.78, 5) is 17.4. The fraction of sp³-hybridized carbons (Fsp3) is 0.867. The van der Waals surface area contributed by atoms with E-state index in [9.17, 15) is 4.79 Å². The number of nitrogens with two attached hydrogens (primary N) is 1. The van der Waals surface area contributed by atoms with Crippen molar-refractivity contribution in [2.75, 3.05) is 13.7 Å². The summed E-state index contributed by atoms with van der Waals surface area (Å²) in [6.07, 6.45) is 9.19. The van der Waals surface area contributed by atoms with E-state index in [1.165, 1.54) is 39.2 Å². The van der Waals surface area contributed by atoms with Crippen LogP contribution in [-0.2, 0) is 9.63 Å². The molecule has 0 bridgehead atoms. The van der Waals surface area contributed by atoms with Crippen molar-refractivity contribution < 1.29 is 9.63 Å². The minimum absolute atomic E-state index is 0.122. The Balaban J connectivity index is 2.53. The number of rotatable bonds is 7. The summed E-state index contributed by atoms with van der Waals surface area (Å²) in [6.45, 7) is 2.05. The Kier molecular flexibility index (Phi) is 7.77. The molecule has 0 heterocycles. The van der Waals surface area contributed by atoms with Crippen molar-refractivity contribution in [2.24, 2.45) is 17.6 Å². The van der Waals surface area contributed by atoms with E-state index in [1.54, 1.807) is 6.92 Å². The molecule has 0 radical (unpaired) electrons. The van der Waals surface area contributed by atoms with Gasteiger partial charge < -0.3 is 5.73 Å². The van der Waals surface area contributed by atoms with Gasteiger partial charge in [-0.3, -0.25) is 15.0 Å². The molecule has 0 aliphatic heterocycles. The molecule has 0 aromatic rings. The van der Waals surface area contributed by atoms with Crippen molar-refractivity contribution in [3.05, 3.63) is 0 Å². The highest BCUT2D eigenvalue weighted by Gasteiger charge is 2.26. The van der Waals surface area contributed by atoms with Crippen LogP contribution in [0.2, 0.25) is 0 Å². The van der Waals surface area contributed by atoms with Crippen LogP contribution < -0.4 is 5.73 Å². The number of nitrogens with zero attached hydrogens (tertiary/aromatic N) is 1. The van der Waals surface area contributed by atoms with E-state index in [1.807, 2.05) is 0 Å². The van der Waals surface area contributed by atoms with Gasteiger partial charge in [0.2, 0.25) is 0 Å². The first-order valence-electron chi connectivity index (χ1n) is 7.73. The third kappa shape index (κ3) is 5.21. The summed E-state index contributed by atoms with van der Waals surface area (Å²) >= 11 is 0. The lowest BCUT2D eigenvalue weighted by Crippen LogP contribution is -2.39. The summed E-state index contributed by atoms with van der Waals surface area (Å²) < 4.78 is 0. The first kappa shape index (κ1) is 17.1. The zero-order valence-electron chi connectivity index (χ0n) is 12.9. The highest BCUT2D eigenvalue weighted by Crippen LogP contribution is 2.29. The second-order valence-corrected chi connectivity index (χ2v) is 5.76. The van der Waals surface area contributed by atoms with Crippen molar-refractivity contribution in [2.45, 2.75) is 58.3 Å². The zero-order valence-corrected chi connectivity index (χ0v) is 12.9. The van der Waals surface area contributed by atoms with Gasteiger partial charge >= 0.3 is 0 Å². The van der Waals surface area contributed by atoms with Crippen molar-refractivity contribution in [3.63, 3.8) is 0 Å². The van der Waals surface area contributed by atoms with Crippen molar-refractivity contribution in [1.82, 2.24) is 5.06 Å². The first-order valence-corrected chi connectivity index (χ1v) is 7.73. The second-order valence-electron chi connectivity index (χ2n) is 5.76. The molecule has 1 fully saturated rings. The number of carbonyl (C=O) groups excluding carboxylic acids is 1. The molecule has 1 unspecified atom stereocenters. The highest BCUT2D eigenvalue weighted by atomic mass is 16.7. The Morgan fingerprint density at radius 1 is 1.35 bits per heavy atom. The third-order valence-corrected chi connectivity index (χ3v) is 4.20. The molecule has 116 valence electrons. The topological polar surface area (TPSA) is 79.4 Å². The highest BCUT2D eigenvalue weighted by molar-refractivity contribution is 5.95. The fourth-order valence-electron chi connectivity index (χ4n) is 3.06. The Bertz CT molecular complexity index is 314. The molecular formula is C15H29N3O2. The van der Waals surface area contributed by atoms with Crippen molar-refractivity contribution >= 4 is 11.7 Å². The van der Waals surface area contributed by atoms with Gasteiger partial charge in [-0.15, -0.1) is 0 Å². The molecule has 0 aromatic heterocycles. The van der Waals surface area contributed by atoms with Gasteiger partial charge in [0.25, 0.3) is 5.91 Å². The number of amides is 1. The maximum absolute atomic E-state index is 12.4. The largest absolute Gasteiger partial charge is 0.330 e. The average molecular weight is 283 g/mol. The van der Waals surface area contributed by atoms with Gasteiger partial charge in [-0.1, -0.05) is 32.1 Å². The zero-order chi connectivity index (χ0) is 15.0. The quantitative estimate of drug-likeness (QED) is 0.428. The molecule has 20 heavy (non-hydrogen) atoms. The van der Waals surface area contributed by atoms with Crippen LogP contribution in [-0.4, -0.2) is 30.5 Å². The van der Waals surface area contributed by atoms with Crippen LogP contribution in [0.1, 0.15) is 58.3 Å². The van der Waals surface area contributed by atoms with E-state index in [0.717, 1.165) is 23.8 Å². The minimum Gasteiger partial charge on any atom is -0.330 e. The third-order valence-electron chi connectivity index (χ3n) is 4.20. The SMILES string of the molecule is CON(C(C)=N)C(=O)C(CCN)CCC1CCCCC1. The van der Waals surface area contributed by atoms with Crippen LogP contribution >= 0.6 is 0 Å². The van der Waals surface area contributed by atoms with E-state index < -0.39 is 0 Å². The Morgan fingerprint density at radius 2 is 2.00 bits per heavy atom. The number of carbonyl (C=O) groups is 1. The molecule has 0 saturated heterocycles. The predicted molar refractivity (Wildman–Crippen MR) is 80.2 cm³/mol. The van der Waals surface area contributed by atoms with Crippen LogP contribution in [0.4, 0.5) is 0 Å². The van der Waals surface area contributed by atoms with Crippen LogP contribution in [0.15, 0.2) is 0 Å². The summed E-state index contributed by atoms with van der Waals surface area (Å²) in [5.74, 6) is 0.634. The molecule has 1 rings (SSSR count). The van der Waals surface area contributed by atoms with E-state index in [4.69, 9.17) is 16.0 Å². The van der Waals surface area contributed by atoms with E-state index in [2.05, 4.69) is 0 Å². The van der Waals surface area contributed by atoms with Gasteiger partial charge in [0, 0.05) is 5.92 Å². The van der Waals surface area contributed by atoms with Gasteiger partial charge in [-0.25, -0.2) is 0 Å². The molecule has 5 nitrogen and oxygen atoms in total. The summed E-state index contributed by atoms with van der Waals surface area (Å²) in [5, 5.41) is 8.67. The van der Waals surface area contributed by atoms with Gasteiger partial charge in [-0.2, -0.15) is 5.06 Å². The lowest BCUT2D eigenvalue weighted by molar-refractivity contribution is -0.161. The average Bonchev–Trinajstić information content (AvgIpc) is 2.44. The lowest BCUT2D eigenvalue weighted by atomic mass is 9.83. The van der Waals surface area contributed by atoms with Crippen molar-refractivity contribution in [1.29, 1.82) is 5.41 Å². The monoisotopic (exact) mass is 283 g/mol.